The van der Waals surface area contributed by atoms with Crippen molar-refractivity contribution in [3.05, 3.63) is 52.9 Å². The van der Waals surface area contributed by atoms with E-state index in [0.717, 1.165) is 22.0 Å². The van der Waals surface area contributed by atoms with Crippen LogP contribution in [0.3, 0.4) is 0 Å². The zero-order valence-corrected chi connectivity index (χ0v) is 13.9. The Kier molecular flexibility index (Phi) is 4.20. The van der Waals surface area contributed by atoms with Crippen LogP contribution in [0.5, 0.6) is 0 Å². The topological polar surface area (TPSA) is 72.1 Å². The van der Waals surface area contributed by atoms with Gasteiger partial charge in [0.25, 0.3) is 5.91 Å². The first kappa shape index (κ1) is 15.4. The number of carbonyl (C=O) groups is 1. The van der Waals surface area contributed by atoms with Crippen LogP contribution in [0.15, 0.2) is 35.1 Å². The SMILES string of the molecule is Cc1nc(CN(C)C(=O)c2cnc(-c3cccnc3)s2)c(C)o1. The molecule has 3 heterocycles. The minimum absolute atomic E-state index is 0.0855. The predicted octanol–water partition coefficient (Wildman–Crippen LogP) is 3.08. The second kappa shape index (κ2) is 6.29. The van der Waals surface area contributed by atoms with Crippen LogP contribution in [0.25, 0.3) is 10.6 Å². The monoisotopic (exact) mass is 328 g/mol. The molecule has 1 amide bonds. The van der Waals surface area contributed by atoms with E-state index in [9.17, 15) is 4.79 Å². The summed E-state index contributed by atoms with van der Waals surface area (Å²) >= 11 is 1.36. The van der Waals surface area contributed by atoms with Crippen LogP contribution in [0.4, 0.5) is 0 Å². The lowest BCUT2D eigenvalue weighted by molar-refractivity contribution is 0.0787. The van der Waals surface area contributed by atoms with Crippen LogP contribution in [0, 0.1) is 13.8 Å². The van der Waals surface area contributed by atoms with E-state index in [-0.39, 0.29) is 5.91 Å². The number of hydrogen-bond acceptors (Lipinski definition) is 6. The molecule has 0 spiro atoms. The fraction of sp³-hybridized carbons (Fsp3) is 0.250. The number of aryl methyl sites for hydroxylation is 2. The van der Waals surface area contributed by atoms with Gasteiger partial charge in [-0.1, -0.05) is 0 Å². The van der Waals surface area contributed by atoms with Crippen molar-refractivity contribution in [2.24, 2.45) is 0 Å². The fourth-order valence-electron chi connectivity index (χ4n) is 2.20. The number of nitrogens with zero attached hydrogens (tertiary/aromatic N) is 4. The molecule has 0 fully saturated rings. The second-order valence-corrected chi connectivity index (χ2v) is 6.20. The zero-order valence-electron chi connectivity index (χ0n) is 13.1. The van der Waals surface area contributed by atoms with Crippen LogP contribution in [-0.4, -0.2) is 32.8 Å². The molecule has 0 saturated carbocycles. The van der Waals surface area contributed by atoms with Gasteiger partial charge in [0.05, 0.1) is 12.7 Å². The molecule has 23 heavy (non-hydrogen) atoms. The highest BCUT2D eigenvalue weighted by molar-refractivity contribution is 7.16. The first-order valence-electron chi connectivity index (χ1n) is 7.09. The van der Waals surface area contributed by atoms with Gasteiger partial charge in [-0.2, -0.15) is 0 Å². The normalized spacial score (nSPS) is 10.7. The third kappa shape index (κ3) is 3.29. The molecule has 3 aromatic rings. The summed E-state index contributed by atoms with van der Waals surface area (Å²) in [6.45, 7) is 4.05. The first-order valence-corrected chi connectivity index (χ1v) is 7.91. The van der Waals surface area contributed by atoms with E-state index < -0.39 is 0 Å². The maximum Gasteiger partial charge on any atom is 0.265 e. The summed E-state index contributed by atoms with van der Waals surface area (Å²) in [5.41, 5.74) is 1.68. The number of aromatic nitrogens is 3. The Morgan fingerprint density at radius 2 is 2.17 bits per heavy atom. The molecule has 0 atom stereocenters. The Labute approximate surface area is 137 Å². The zero-order chi connectivity index (χ0) is 16.4. The summed E-state index contributed by atoms with van der Waals surface area (Å²) in [6, 6.07) is 3.77. The van der Waals surface area contributed by atoms with E-state index in [1.807, 2.05) is 19.1 Å². The first-order chi connectivity index (χ1) is 11.0. The Bertz CT molecular complexity index is 826. The standard InChI is InChI=1S/C16H16N4O2S/c1-10-13(19-11(2)22-10)9-20(3)16(21)14-8-18-15(23-14)12-5-4-6-17-7-12/h4-8H,9H2,1-3H3. The van der Waals surface area contributed by atoms with Gasteiger partial charge in [-0.05, 0) is 19.1 Å². The van der Waals surface area contributed by atoms with Gasteiger partial charge in [0.2, 0.25) is 0 Å². The van der Waals surface area contributed by atoms with Gasteiger partial charge in [-0.25, -0.2) is 9.97 Å². The number of thiazole rings is 1. The van der Waals surface area contributed by atoms with Gasteiger partial charge >= 0.3 is 0 Å². The van der Waals surface area contributed by atoms with Crippen molar-refractivity contribution in [1.29, 1.82) is 0 Å². The van der Waals surface area contributed by atoms with Crippen LogP contribution in [-0.2, 0) is 6.54 Å². The Balaban J connectivity index is 1.75. The van der Waals surface area contributed by atoms with E-state index >= 15 is 0 Å². The molecule has 6 nitrogen and oxygen atoms in total. The minimum atomic E-state index is -0.0855. The highest BCUT2D eigenvalue weighted by atomic mass is 32.1. The van der Waals surface area contributed by atoms with Gasteiger partial charge in [0, 0.05) is 31.9 Å². The molecule has 7 heteroatoms. The summed E-state index contributed by atoms with van der Waals surface area (Å²) in [4.78, 5) is 27.4. The molecule has 0 aliphatic carbocycles. The third-order valence-corrected chi connectivity index (χ3v) is 4.39. The van der Waals surface area contributed by atoms with E-state index in [2.05, 4.69) is 15.0 Å². The number of oxazole rings is 1. The molecule has 0 unspecified atom stereocenters. The van der Waals surface area contributed by atoms with Gasteiger partial charge < -0.3 is 9.32 Å². The summed E-state index contributed by atoms with van der Waals surface area (Å²) in [5, 5.41) is 0.781. The van der Waals surface area contributed by atoms with Crippen molar-refractivity contribution in [3.8, 4) is 10.6 Å². The highest BCUT2D eigenvalue weighted by Crippen LogP contribution is 2.25. The Morgan fingerprint density at radius 3 is 2.83 bits per heavy atom. The summed E-state index contributed by atoms with van der Waals surface area (Å²) in [7, 11) is 1.75. The van der Waals surface area contributed by atoms with Crippen molar-refractivity contribution in [1.82, 2.24) is 19.9 Å². The number of carbonyl (C=O) groups excluding carboxylic acids is 1. The summed E-state index contributed by atoms with van der Waals surface area (Å²) < 4.78 is 5.40. The predicted molar refractivity (Wildman–Crippen MR) is 87.1 cm³/mol. The summed E-state index contributed by atoms with van der Waals surface area (Å²) in [6.07, 6.45) is 5.05. The molecule has 0 radical (unpaired) electrons. The maximum atomic E-state index is 12.5. The van der Waals surface area contributed by atoms with Crippen molar-refractivity contribution >= 4 is 17.2 Å². The highest BCUT2D eigenvalue weighted by Gasteiger charge is 2.18. The average Bonchev–Trinajstić information content (AvgIpc) is 3.14. The molecule has 0 N–H and O–H groups in total. The number of hydrogen-bond donors (Lipinski definition) is 0. The lowest BCUT2D eigenvalue weighted by atomic mass is 10.3. The van der Waals surface area contributed by atoms with E-state index in [1.54, 1.807) is 37.5 Å². The largest absolute Gasteiger partial charge is 0.446 e. The van der Waals surface area contributed by atoms with Crippen LogP contribution in [0.2, 0.25) is 0 Å². The van der Waals surface area contributed by atoms with Crippen LogP contribution in [0.1, 0.15) is 27.0 Å². The Hall–Kier alpha value is -2.54. The van der Waals surface area contributed by atoms with E-state index in [4.69, 9.17) is 4.42 Å². The number of pyridine rings is 1. The fourth-order valence-corrected chi connectivity index (χ4v) is 3.10. The van der Waals surface area contributed by atoms with Gasteiger partial charge in [-0.3, -0.25) is 9.78 Å². The molecule has 3 aromatic heterocycles. The minimum Gasteiger partial charge on any atom is -0.446 e. The van der Waals surface area contributed by atoms with Crippen molar-refractivity contribution in [2.75, 3.05) is 7.05 Å². The van der Waals surface area contributed by atoms with Gasteiger partial charge in [0.15, 0.2) is 5.89 Å². The lowest BCUT2D eigenvalue weighted by Crippen LogP contribution is -2.25. The smallest absolute Gasteiger partial charge is 0.265 e. The second-order valence-electron chi connectivity index (χ2n) is 5.17. The molecule has 0 saturated heterocycles. The summed E-state index contributed by atoms with van der Waals surface area (Å²) in [5.74, 6) is 1.26. The molecule has 3 rings (SSSR count). The molecular formula is C16H16N4O2S. The molecule has 118 valence electrons. The number of rotatable bonds is 4. The maximum absolute atomic E-state index is 12.5. The van der Waals surface area contributed by atoms with Crippen molar-refractivity contribution in [2.45, 2.75) is 20.4 Å². The molecule has 0 aromatic carbocycles. The van der Waals surface area contributed by atoms with E-state index in [0.29, 0.717) is 17.3 Å². The van der Waals surface area contributed by atoms with Gasteiger partial charge in [-0.15, -0.1) is 11.3 Å². The molecule has 0 bridgehead atoms. The van der Waals surface area contributed by atoms with E-state index in [1.165, 1.54) is 11.3 Å². The van der Waals surface area contributed by atoms with Crippen molar-refractivity contribution in [3.63, 3.8) is 0 Å². The molecule has 0 aliphatic rings. The number of amides is 1. The average molecular weight is 328 g/mol. The van der Waals surface area contributed by atoms with Crippen LogP contribution < -0.4 is 0 Å². The quantitative estimate of drug-likeness (QED) is 0.736. The molecule has 0 aliphatic heterocycles. The third-order valence-electron chi connectivity index (χ3n) is 3.36. The lowest BCUT2D eigenvalue weighted by Gasteiger charge is -2.14. The van der Waals surface area contributed by atoms with Gasteiger partial charge in [0.1, 0.15) is 21.3 Å². The molecular weight excluding hydrogens is 312 g/mol. The van der Waals surface area contributed by atoms with Crippen molar-refractivity contribution < 1.29 is 9.21 Å². The van der Waals surface area contributed by atoms with Crippen LogP contribution >= 0.6 is 11.3 Å². The Morgan fingerprint density at radius 1 is 1.35 bits per heavy atom.